The number of rotatable bonds is 5. The number of aliphatic carboxylic acids is 1. The summed E-state index contributed by atoms with van der Waals surface area (Å²) in [7, 11) is 0. The van der Waals surface area contributed by atoms with Crippen LogP contribution in [-0.4, -0.2) is 57.3 Å². The first-order valence-corrected chi connectivity index (χ1v) is 11.0. The molecule has 0 unspecified atom stereocenters. The Balaban J connectivity index is 0.000000406. The molecule has 7 nitrogen and oxygen atoms in total. The van der Waals surface area contributed by atoms with Crippen LogP contribution < -0.4 is 0 Å². The van der Waals surface area contributed by atoms with Crippen molar-refractivity contribution in [2.24, 2.45) is 0 Å². The number of benzene rings is 1. The minimum atomic E-state index is -5.08. The van der Waals surface area contributed by atoms with Gasteiger partial charge >= 0.3 is 18.1 Å². The average molecular weight is 505 g/mol. The van der Waals surface area contributed by atoms with Gasteiger partial charge in [0.25, 0.3) is 6.43 Å². The molecule has 2 N–H and O–H groups in total. The summed E-state index contributed by atoms with van der Waals surface area (Å²) in [6, 6.07) is 6.76. The van der Waals surface area contributed by atoms with E-state index < -0.39 is 30.4 Å². The SMILES string of the molecule is O=C(O)C(F)(F)F.O=C(OC1CCN(Cc2ccsc2)CC1)c1ccc2nc(C(F)F)[nH]c2c1. The Kier molecular flexibility index (Phi) is 8.20. The number of esters is 1. The van der Waals surface area contributed by atoms with Crippen LogP contribution in [0.4, 0.5) is 22.0 Å². The number of halogens is 5. The lowest BCUT2D eigenvalue weighted by atomic mass is 10.1. The second kappa shape index (κ2) is 10.9. The molecule has 0 saturated carbocycles. The zero-order valence-electron chi connectivity index (χ0n) is 17.5. The molecule has 0 radical (unpaired) electrons. The van der Waals surface area contributed by atoms with Crippen molar-refractivity contribution in [2.45, 2.75) is 38.1 Å². The van der Waals surface area contributed by atoms with Crippen LogP contribution in [0.25, 0.3) is 11.0 Å². The van der Waals surface area contributed by atoms with E-state index in [2.05, 4.69) is 31.7 Å². The van der Waals surface area contributed by atoms with Crippen LogP contribution in [-0.2, 0) is 16.1 Å². The molecule has 0 bridgehead atoms. The molecule has 184 valence electrons. The van der Waals surface area contributed by atoms with Crippen LogP contribution in [0.3, 0.4) is 0 Å². The van der Waals surface area contributed by atoms with E-state index in [-0.39, 0.29) is 6.10 Å². The number of nitrogens with one attached hydrogen (secondary N) is 1. The number of hydrogen-bond donors (Lipinski definition) is 2. The summed E-state index contributed by atoms with van der Waals surface area (Å²) in [5.74, 6) is -3.58. The van der Waals surface area contributed by atoms with E-state index in [0.717, 1.165) is 32.5 Å². The Morgan fingerprint density at radius 3 is 2.47 bits per heavy atom. The minimum absolute atomic E-state index is 0.120. The van der Waals surface area contributed by atoms with Crippen LogP contribution in [0.2, 0.25) is 0 Å². The van der Waals surface area contributed by atoms with E-state index in [4.69, 9.17) is 14.6 Å². The molecule has 1 fully saturated rings. The van der Waals surface area contributed by atoms with Crippen molar-refractivity contribution in [3.8, 4) is 0 Å². The van der Waals surface area contributed by atoms with Crippen LogP contribution in [0.5, 0.6) is 0 Å². The molecule has 34 heavy (non-hydrogen) atoms. The summed E-state index contributed by atoms with van der Waals surface area (Å²) in [5.41, 5.74) is 2.47. The van der Waals surface area contributed by atoms with E-state index in [0.29, 0.717) is 16.6 Å². The smallest absolute Gasteiger partial charge is 0.475 e. The number of H-pyrrole nitrogens is 1. The molecular weight excluding hydrogens is 485 g/mol. The topological polar surface area (TPSA) is 95.5 Å². The number of nitrogens with zero attached hydrogens (tertiary/aromatic N) is 2. The van der Waals surface area contributed by atoms with Crippen molar-refractivity contribution >= 4 is 34.3 Å². The predicted molar refractivity (Wildman–Crippen MR) is 113 cm³/mol. The van der Waals surface area contributed by atoms with Gasteiger partial charge in [0, 0.05) is 19.6 Å². The lowest BCUT2D eigenvalue weighted by Crippen LogP contribution is -2.37. The second-order valence-electron chi connectivity index (χ2n) is 7.47. The van der Waals surface area contributed by atoms with Crippen molar-refractivity contribution < 1.29 is 41.4 Å². The molecule has 3 aromatic rings. The highest BCUT2D eigenvalue weighted by atomic mass is 32.1. The van der Waals surface area contributed by atoms with Crippen molar-refractivity contribution in [3.63, 3.8) is 0 Å². The maximum absolute atomic E-state index is 12.7. The first kappa shape index (κ1) is 25.6. The summed E-state index contributed by atoms with van der Waals surface area (Å²) >= 11 is 1.69. The molecule has 4 rings (SSSR count). The Hall–Kier alpha value is -3.06. The zero-order valence-corrected chi connectivity index (χ0v) is 18.3. The molecule has 0 aliphatic carbocycles. The molecule has 0 spiro atoms. The van der Waals surface area contributed by atoms with Gasteiger partial charge in [-0.3, -0.25) is 4.90 Å². The average Bonchev–Trinajstić information content (AvgIpc) is 3.44. The Bertz CT molecular complexity index is 1110. The number of ether oxygens (including phenoxy) is 1. The highest BCUT2D eigenvalue weighted by Gasteiger charge is 2.38. The molecule has 1 aliphatic heterocycles. The molecule has 0 atom stereocenters. The number of fused-ring (bicyclic) bond motifs is 1. The largest absolute Gasteiger partial charge is 0.490 e. The van der Waals surface area contributed by atoms with E-state index in [1.54, 1.807) is 23.5 Å². The summed E-state index contributed by atoms with van der Waals surface area (Å²) in [6.07, 6.45) is -6.30. The first-order valence-electron chi connectivity index (χ1n) is 10.0. The fourth-order valence-corrected chi connectivity index (χ4v) is 3.96. The lowest BCUT2D eigenvalue weighted by Gasteiger charge is -2.31. The number of carbonyl (C=O) groups is 2. The van der Waals surface area contributed by atoms with Gasteiger partial charge < -0.3 is 14.8 Å². The summed E-state index contributed by atoms with van der Waals surface area (Å²) in [4.78, 5) is 30.0. The number of hydrogen-bond acceptors (Lipinski definition) is 6. The van der Waals surface area contributed by atoms with Gasteiger partial charge in [-0.05, 0) is 53.4 Å². The van der Waals surface area contributed by atoms with E-state index in [1.165, 1.54) is 11.6 Å². The van der Waals surface area contributed by atoms with Crippen LogP contribution >= 0.6 is 11.3 Å². The summed E-state index contributed by atoms with van der Waals surface area (Å²) in [6.45, 7) is 2.68. The summed E-state index contributed by atoms with van der Waals surface area (Å²) in [5, 5.41) is 11.3. The van der Waals surface area contributed by atoms with Gasteiger partial charge in [0.1, 0.15) is 6.10 Å². The minimum Gasteiger partial charge on any atom is -0.475 e. The van der Waals surface area contributed by atoms with E-state index >= 15 is 0 Å². The highest BCUT2D eigenvalue weighted by Crippen LogP contribution is 2.22. The van der Waals surface area contributed by atoms with Gasteiger partial charge in [-0.15, -0.1) is 0 Å². The molecule has 2 aromatic heterocycles. The Morgan fingerprint density at radius 2 is 1.91 bits per heavy atom. The zero-order chi connectivity index (χ0) is 24.9. The third kappa shape index (κ3) is 6.97. The molecule has 0 amide bonds. The lowest BCUT2D eigenvalue weighted by molar-refractivity contribution is -0.192. The van der Waals surface area contributed by atoms with Gasteiger partial charge in [0.05, 0.1) is 16.6 Å². The Labute approximate surface area is 194 Å². The Morgan fingerprint density at radius 1 is 1.24 bits per heavy atom. The maximum atomic E-state index is 12.7. The molecule has 1 aromatic carbocycles. The number of aromatic nitrogens is 2. The van der Waals surface area contributed by atoms with Crippen LogP contribution in [0.1, 0.15) is 41.0 Å². The number of imidazole rings is 1. The van der Waals surface area contributed by atoms with Crippen LogP contribution in [0.15, 0.2) is 35.0 Å². The van der Waals surface area contributed by atoms with Crippen molar-refractivity contribution in [1.82, 2.24) is 14.9 Å². The maximum Gasteiger partial charge on any atom is 0.490 e. The number of carboxylic acids is 1. The third-order valence-corrected chi connectivity index (χ3v) is 5.71. The predicted octanol–water partition coefficient (Wildman–Crippen LogP) is 5.02. The number of carbonyl (C=O) groups excluding carboxylic acids is 1. The number of carboxylic acid groups (broad SMARTS) is 1. The number of aromatic amines is 1. The fraction of sp³-hybridized carbons (Fsp3) is 0.381. The van der Waals surface area contributed by atoms with Gasteiger partial charge in [0.2, 0.25) is 0 Å². The van der Waals surface area contributed by atoms with Crippen molar-refractivity contribution in [3.05, 3.63) is 52.0 Å². The molecular formula is C21H20F5N3O4S. The van der Waals surface area contributed by atoms with E-state index in [1.807, 2.05) is 0 Å². The molecule has 13 heteroatoms. The van der Waals surface area contributed by atoms with Gasteiger partial charge in [-0.2, -0.15) is 24.5 Å². The number of alkyl halides is 5. The second-order valence-corrected chi connectivity index (χ2v) is 8.25. The molecule has 1 saturated heterocycles. The number of piperidine rings is 1. The standard InChI is InChI=1S/C19H19F2N3O2S.C2HF3O2/c20-17(21)18-22-15-2-1-13(9-16(15)23-18)19(25)26-14-3-6-24(7-4-14)10-12-5-8-27-11-12;3-2(4,5)1(6)7/h1-2,5,8-9,11,14,17H,3-4,6-7,10H2,(H,22,23);(H,6,7). The van der Waals surface area contributed by atoms with Crippen LogP contribution in [0, 0.1) is 0 Å². The first-order chi connectivity index (χ1) is 16.0. The summed E-state index contributed by atoms with van der Waals surface area (Å²) < 4.78 is 62.8. The van der Waals surface area contributed by atoms with Gasteiger partial charge in [-0.25, -0.2) is 23.4 Å². The fourth-order valence-electron chi connectivity index (χ4n) is 3.31. The van der Waals surface area contributed by atoms with E-state index in [9.17, 15) is 26.7 Å². The number of likely N-dealkylation sites (tertiary alicyclic amines) is 1. The molecule has 3 heterocycles. The highest BCUT2D eigenvalue weighted by molar-refractivity contribution is 7.07. The quantitative estimate of drug-likeness (QED) is 0.374. The third-order valence-electron chi connectivity index (χ3n) is 4.98. The monoisotopic (exact) mass is 505 g/mol. The normalized spacial score (nSPS) is 15.2. The molecule has 1 aliphatic rings. The van der Waals surface area contributed by atoms with Gasteiger partial charge in [-0.1, -0.05) is 0 Å². The van der Waals surface area contributed by atoms with Crippen molar-refractivity contribution in [2.75, 3.05) is 13.1 Å². The number of thiophene rings is 1. The van der Waals surface area contributed by atoms with Gasteiger partial charge in [0.15, 0.2) is 5.82 Å². The van der Waals surface area contributed by atoms with Crippen molar-refractivity contribution in [1.29, 1.82) is 0 Å².